The van der Waals surface area contributed by atoms with Crippen LogP contribution >= 0.6 is 0 Å². The van der Waals surface area contributed by atoms with E-state index in [2.05, 4.69) is 18.7 Å². The van der Waals surface area contributed by atoms with Crippen molar-refractivity contribution in [3.63, 3.8) is 0 Å². The number of nitrogens with zero attached hydrogens (tertiary/aromatic N) is 1. The van der Waals surface area contributed by atoms with Crippen molar-refractivity contribution in [2.45, 2.75) is 32.2 Å². The molecular formula is C14H21FN2. The highest BCUT2D eigenvalue weighted by Gasteiger charge is 2.38. The standard InChI is InChI=1S/C14H21FN2/c1-14(2)11(10-16)6-5-9-17(14)13-8-4-3-7-12(13)15/h3-4,7-8,11H,5-6,9-10,16H2,1-2H3. The Morgan fingerprint density at radius 1 is 1.41 bits per heavy atom. The number of anilines is 1. The SMILES string of the molecule is CC1(C)C(CN)CCCN1c1ccccc1F. The first-order valence-corrected chi connectivity index (χ1v) is 6.29. The Morgan fingerprint density at radius 3 is 2.76 bits per heavy atom. The molecule has 0 saturated carbocycles. The molecule has 1 saturated heterocycles. The smallest absolute Gasteiger partial charge is 0.146 e. The summed E-state index contributed by atoms with van der Waals surface area (Å²) in [6, 6.07) is 7.00. The maximum Gasteiger partial charge on any atom is 0.146 e. The van der Waals surface area contributed by atoms with Crippen molar-refractivity contribution in [2.75, 3.05) is 18.0 Å². The summed E-state index contributed by atoms with van der Waals surface area (Å²) in [6.45, 7) is 5.90. The molecule has 1 aromatic rings. The second-order valence-corrected chi connectivity index (χ2v) is 5.33. The van der Waals surface area contributed by atoms with Gasteiger partial charge in [0.05, 0.1) is 5.69 Å². The van der Waals surface area contributed by atoms with Gasteiger partial charge in [-0.2, -0.15) is 0 Å². The van der Waals surface area contributed by atoms with Gasteiger partial charge >= 0.3 is 0 Å². The minimum atomic E-state index is -0.141. The largest absolute Gasteiger partial charge is 0.364 e. The van der Waals surface area contributed by atoms with Gasteiger partial charge in [0.25, 0.3) is 0 Å². The number of hydrogen-bond acceptors (Lipinski definition) is 2. The van der Waals surface area contributed by atoms with Crippen LogP contribution in [0, 0.1) is 11.7 Å². The van der Waals surface area contributed by atoms with E-state index in [9.17, 15) is 4.39 Å². The number of benzene rings is 1. The average molecular weight is 236 g/mol. The van der Waals surface area contributed by atoms with Gasteiger partial charge in [-0.25, -0.2) is 4.39 Å². The van der Waals surface area contributed by atoms with Crippen LogP contribution in [0.5, 0.6) is 0 Å². The summed E-state index contributed by atoms with van der Waals surface area (Å²) in [5, 5.41) is 0. The zero-order valence-corrected chi connectivity index (χ0v) is 10.6. The van der Waals surface area contributed by atoms with Crippen LogP contribution in [0.15, 0.2) is 24.3 Å². The Bertz CT molecular complexity index is 390. The second-order valence-electron chi connectivity index (χ2n) is 5.33. The molecule has 0 amide bonds. The Balaban J connectivity index is 2.34. The first-order valence-electron chi connectivity index (χ1n) is 6.29. The monoisotopic (exact) mass is 236 g/mol. The Labute approximate surface area is 103 Å². The molecule has 1 unspecified atom stereocenters. The summed E-state index contributed by atoms with van der Waals surface area (Å²) >= 11 is 0. The van der Waals surface area contributed by atoms with Crippen LogP contribution in [0.2, 0.25) is 0 Å². The molecule has 1 aliphatic rings. The quantitative estimate of drug-likeness (QED) is 0.855. The van der Waals surface area contributed by atoms with Gasteiger partial charge in [-0.1, -0.05) is 12.1 Å². The normalized spacial score (nSPS) is 23.8. The van der Waals surface area contributed by atoms with Crippen LogP contribution in [-0.2, 0) is 0 Å². The van der Waals surface area contributed by atoms with Gasteiger partial charge in [-0.05, 0) is 51.3 Å². The van der Waals surface area contributed by atoms with Crippen LogP contribution in [0.25, 0.3) is 0 Å². The molecule has 0 spiro atoms. The van der Waals surface area contributed by atoms with Crippen LogP contribution in [-0.4, -0.2) is 18.6 Å². The van der Waals surface area contributed by atoms with Crippen molar-refractivity contribution in [3.8, 4) is 0 Å². The molecule has 1 aromatic carbocycles. The summed E-state index contributed by atoms with van der Waals surface area (Å²) in [7, 11) is 0. The van der Waals surface area contributed by atoms with Crippen molar-refractivity contribution in [1.29, 1.82) is 0 Å². The first kappa shape index (κ1) is 12.4. The lowest BCUT2D eigenvalue weighted by Crippen LogP contribution is -2.55. The van der Waals surface area contributed by atoms with E-state index in [0.29, 0.717) is 18.2 Å². The number of rotatable bonds is 2. The van der Waals surface area contributed by atoms with Gasteiger partial charge in [0.2, 0.25) is 0 Å². The van der Waals surface area contributed by atoms with E-state index in [1.807, 2.05) is 12.1 Å². The lowest BCUT2D eigenvalue weighted by Gasteiger charge is -2.49. The van der Waals surface area contributed by atoms with E-state index < -0.39 is 0 Å². The molecule has 17 heavy (non-hydrogen) atoms. The van der Waals surface area contributed by atoms with E-state index in [0.717, 1.165) is 19.4 Å². The maximum atomic E-state index is 13.9. The third-order valence-corrected chi connectivity index (χ3v) is 4.06. The minimum absolute atomic E-state index is 0.0742. The summed E-state index contributed by atoms with van der Waals surface area (Å²) in [5.41, 5.74) is 6.47. The van der Waals surface area contributed by atoms with E-state index in [-0.39, 0.29) is 11.4 Å². The third-order valence-electron chi connectivity index (χ3n) is 4.06. The number of nitrogens with two attached hydrogens (primary N) is 1. The van der Waals surface area contributed by atoms with Gasteiger partial charge in [0, 0.05) is 12.1 Å². The molecule has 1 heterocycles. The fourth-order valence-electron chi connectivity index (χ4n) is 2.87. The predicted octanol–water partition coefficient (Wildman–Crippen LogP) is 2.78. The van der Waals surface area contributed by atoms with Crippen molar-refractivity contribution >= 4 is 5.69 Å². The molecule has 1 atom stereocenters. The second kappa shape index (κ2) is 4.65. The molecule has 0 radical (unpaired) electrons. The van der Waals surface area contributed by atoms with E-state index in [1.165, 1.54) is 6.07 Å². The zero-order valence-electron chi connectivity index (χ0n) is 10.6. The molecule has 94 valence electrons. The minimum Gasteiger partial charge on any atom is -0.364 e. The highest BCUT2D eigenvalue weighted by molar-refractivity contribution is 5.50. The van der Waals surface area contributed by atoms with Crippen molar-refractivity contribution in [2.24, 2.45) is 11.7 Å². The van der Waals surface area contributed by atoms with Gasteiger partial charge in [-0.15, -0.1) is 0 Å². The summed E-state index contributed by atoms with van der Waals surface area (Å²) in [6.07, 6.45) is 2.22. The van der Waals surface area contributed by atoms with Crippen molar-refractivity contribution < 1.29 is 4.39 Å². The number of halogens is 1. The van der Waals surface area contributed by atoms with Crippen molar-refractivity contribution in [1.82, 2.24) is 0 Å². The molecule has 3 heteroatoms. The van der Waals surface area contributed by atoms with Gasteiger partial charge in [0.15, 0.2) is 0 Å². The van der Waals surface area contributed by atoms with Crippen LogP contribution < -0.4 is 10.6 Å². The lowest BCUT2D eigenvalue weighted by molar-refractivity contribution is 0.243. The van der Waals surface area contributed by atoms with E-state index in [4.69, 9.17) is 5.73 Å². The van der Waals surface area contributed by atoms with Crippen LogP contribution in [0.4, 0.5) is 10.1 Å². The average Bonchev–Trinajstić information content (AvgIpc) is 2.30. The topological polar surface area (TPSA) is 29.3 Å². The zero-order chi connectivity index (χ0) is 12.5. The van der Waals surface area contributed by atoms with E-state index >= 15 is 0 Å². The van der Waals surface area contributed by atoms with Gasteiger partial charge in [-0.3, -0.25) is 0 Å². The molecular weight excluding hydrogens is 215 g/mol. The van der Waals surface area contributed by atoms with Crippen molar-refractivity contribution in [3.05, 3.63) is 30.1 Å². The fourth-order valence-corrected chi connectivity index (χ4v) is 2.87. The molecule has 2 rings (SSSR count). The lowest BCUT2D eigenvalue weighted by atomic mass is 9.78. The number of hydrogen-bond donors (Lipinski definition) is 1. The number of para-hydroxylation sites is 1. The summed E-state index contributed by atoms with van der Waals surface area (Å²) in [4.78, 5) is 2.17. The van der Waals surface area contributed by atoms with Gasteiger partial charge in [0.1, 0.15) is 5.82 Å². The highest BCUT2D eigenvalue weighted by Crippen LogP contribution is 2.37. The van der Waals surface area contributed by atoms with E-state index in [1.54, 1.807) is 6.07 Å². The van der Waals surface area contributed by atoms with Gasteiger partial charge < -0.3 is 10.6 Å². The summed E-state index contributed by atoms with van der Waals surface area (Å²) < 4.78 is 13.9. The summed E-state index contributed by atoms with van der Waals surface area (Å²) in [5.74, 6) is 0.286. The predicted molar refractivity (Wildman–Crippen MR) is 69.6 cm³/mol. The Kier molecular flexibility index (Phi) is 3.38. The molecule has 2 nitrogen and oxygen atoms in total. The fraction of sp³-hybridized carbons (Fsp3) is 0.571. The molecule has 1 aliphatic heterocycles. The van der Waals surface area contributed by atoms with Crippen LogP contribution in [0.1, 0.15) is 26.7 Å². The van der Waals surface area contributed by atoms with Crippen LogP contribution in [0.3, 0.4) is 0 Å². The Morgan fingerprint density at radius 2 is 2.12 bits per heavy atom. The molecule has 0 bridgehead atoms. The molecule has 0 aliphatic carbocycles. The highest BCUT2D eigenvalue weighted by atomic mass is 19.1. The Hall–Kier alpha value is -1.09. The molecule has 0 aromatic heterocycles. The maximum absolute atomic E-state index is 13.9. The first-order chi connectivity index (χ1) is 8.07. The number of piperidine rings is 1. The molecule has 2 N–H and O–H groups in total. The third kappa shape index (κ3) is 2.16. The molecule has 1 fully saturated rings.